The Hall–Kier alpha value is -0.0600. The number of carbonyl (C=O) groups excluding carboxylic acids is 1. The van der Waals surface area contributed by atoms with E-state index in [1.54, 1.807) is 0 Å². The number of ketones is 1. The predicted octanol–water partition coefficient (Wildman–Crippen LogP) is 3.05. The number of hydrogen-bond donors (Lipinski definition) is 1. The number of rotatable bonds is 5. The number of ether oxygens (including phenoxy) is 1. The molecule has 2 aliphatic rings. The van der Waals surface area contributed by atoms with Crippen LogP contribution < -0.4 is 0 Å². The van der Waals surface area contributed by atoms with Gasteiger partial charge in [0, 0.05) is 12.5 Å². The van der Waals surface area contributed by atoms with Crippen LogP contribution in [0.25, 0.3) is 0 Å². The van der Waals surface area contributed by atoms with Crippen molar-refractivity contribution in [1.29, 1.82) is 0 Å². The molecule has 0 bridgehead atoms. The van der Waals surface area contributed by atoms with Gasteiger partial charge in [-0.25, -0.2) is 0 Å². The first kappa shape index (κ1) is 16.3. The maximum atomic E-state index is 12.6. The maximum Gasteiger partial charge on any atom is 0.164 e. The van der Waals surface area contributed by atoms with Crippen molar-refractivity contribution in [2.45, 2.75) is 64.1 Å². The lowest BCUT2D eigenvalue weighted by molar-refractivity contribution is -0.148. The Labute approximate surface area is 126 Å². The fraction of sp³-hybridized carbons (Fsp3) is 0.938. The fourth-order valence-corrected chi connectivity index (χ4v) is 4.81. The summed E-state index contributed by atoms with van der Waals surface area (Å²) in [6, 6.07) is 0. The molecule has 1 N–H and O–H groups in total. The predicted molar refractivity (Wildman–Crippen MR) is 83.1 cm³/mol. The molecule has 0 radical (unpaired) electrons. The molecule has 116 valence electrons. The Kier molecular flexibility index (Phi) is 5.94. The fourth-order valence-electron chi connectivity index (χ4n) is 3.57. The molecule has 0 saturated carbocycles. The van der Waals surface area contributed by atoms with Gasteiger partial charge in [0.25, 0.3) is 0 Å². The summed E-state index contributed by atoms with van der Waals surface area (Å²) in [5.74, 6) is 2.46. The number of Topliss-reactive ketones (excluding diaryl/α,β-unsaturated/α-hetero) is 1. The third-order valence-electron chi connectivity index (χ3n) is 5.09. The molecule has 1 spiro atoms. The van der Waals surface area contributed by atoms with E-state index in [2.05, 4.69) is 13.8 Å². The van der Waals surface area contributed by atoms with Crippen LogP contribution in [0.1, 0.15) is 52.4 Å². The number of hydrogen-bond acceptors (Lipinski definition) is 4. The average Bonchev–Trinajstić information content (AvgIpc) is 2.48. The van der Waals surface area contributed by atoms with Crippen molar-refractivity contribution in [2.24, 2.45) is 11.8 Å². The van der Waals surface area contributed by atoms with Gasteiger partial charge in [-0.05, 0) is 43.1 Å². The summed E-state index contributed by atoms with van der Waals surface area (Å²) >= 11 is 1.98. The standard InChI is InChI=1S/C16H28O3S/c1-3-12(4-2)14(17)15(18)13-5-8-19-16(11-13)6-9-20-10-7-16/h12-14,17H,3-11H2,1-2H3. The van der Waals surface area contributed by atoms with Crippen LogP contribution in [0.5, 0.6) is 0 Å². The van der Waals surface area contributed by atoms with Crippen LogP contribution in [0.3, 0.4) is 0 Å². The van der Waals surface area contributed by atoms with E-state index in [-0.39, 0.29) is 23.2 Å². The molecule has 2 rings (SSSR count). The molecule has 2 atom stereocenters. The van der Waals surface area contributed by atoms with Crippen molar-refractivity contribution in [1.82, 2.24) is 0 Å². The van der Waals surface area contributed by atoms with Gasteiger partial charge < -0.3 is 9.84 Å². The van der Waals surface area contributed by atoms with Gasteiger partial charge in [-0.2, -0.15) is 11.8 Å². The molecule has 2 aliphatic heterocycles. The lowest BCUT2D eigenvalue weighted by atomic mass is 9.77. The van der Waals surface area contributed by atoms with Gasteiger partial charge in [0.2, 0.25) is 0 Å². The molecule has 2 fully saturated rings. The average molecular weight is 300 g/mol. The third-order valence-corrected chi connectivity index (χ3v) is 6.07. The molecule has 4 heteroatoms. The molecule has 2 saturated heterocycles. The number of aliphatic hydroxyl groups excluding tert-OH is 1. The van der Waals surface area contributed by atoms with Gasteiger partial charge in [-0.15, -0.1) is 0 Å². The zero-order valence-corrected chi connectivity index (χ0v) is 13.6. The van der Waals surface area contributed by atoms with Gasteiger partial charge in [0.1, 0.15) is 6.10 Å². The van der Waals surface area contributed by atoms with Crippen LogP contribution in [0.2, 0.25) is 0 Å². The van der Waals surface area contributed by atoms with Gasteiger partial charge in [0.05, 0.1) is 5.60 Å². The maximum absolute atomic E-state index is 12.6. The molecule has 2 unspecified atom stereocenters. The zero-order chi connectivity index (χ0) is 14.6. The highest BCUT2D eigenvalue weighted by atomic mass is 32.2. The summed E-state index contributed by atoms with van der Waals surface area (Å²) in [5.41, 5.74) is -0.0720. The lowest BCUT2D eigenvalue weighted by Gasteiger charge is -2.43. The van der Waals surface area contributed by atoms with Crippen LogP contribution in [0.4, 0.5) is 0 Å². The Morgan fingerprint density at radius 3 is 2.60 bits per heavy atom. The molecule has 0 aromatic carbocycles. The summed E-state index contributed by atoms with van der Waals surface area (Å²) in [4.78, 5) is 12.6. The second kappa shape index (κ2) is 7.28. The van der Waals surface area contributed by atoms with Crippen LogP contribution >= 0.6 is 11.8 Å². The quantitative estimate of drug-likeness (QED) is 0.847. The lowest BCUT2D eigenvalue weighted by Crippen LogP contribution is -2.47. The van der Waals surface area contributed by atoms with Crippen LogP contribution in [0.15, 0.2) is 0 Å². The van der Waals surface area contributed by atoms with Gasteiger partial charge in [-0.3, -0.25) is 4.79 Å². The first-order chi connectivity index (χ1) is 9.62. The Balaban J connectivity index is 1.99. The number of carbonyl (C=O) groups is 1. The Morgan fingerprint density at radius 1 is 1.35 bits per heavy atom. The minimum atomic E-state index is -0.775. The molecule has 0 aliphatic carbocycles. The van der Waals surface area contributed by atoms with Crippen LogP contribution in [0, 0.1) is 11.8 Å². The van der Waals surface area contributed by atoms with E-state index in [1.165, 1.54) is 0 Å². The minimum absolute atomic E-state index is 0.00227. The van der Waals surface area contributed by atoms with E-state index in [1.807, 2.05) is 11.8 Å². The van der Waals surface area contributed by atoms with Crippen LogP contribution in [-0.4, -0.2) is 40.7 Å². The third kappa shape index (κ3) is 3.58. The Morgan fingerprint density at radius 2 is 2.00 bits per heavy atom. The van der Waals surface area contributed by atoms with Crippen molar-refractivity contribution in [2.75, 3.05) is 18.1 Å². The smallest absolute Gasteiger partial charge is 0.164 e. The molecule has 0 amide bonds. The highest BCUT2D eigenvalue weighted by molar-refractivity contribution is 7.99. The van der Waals surface area contributed by atoms with Crippen molar-refractivity contribution >= 4 is 17.5 Å². The van der Waals surface area contributed by atoms with Crippen LogP contribution in [-0.2, 0) is 9.53 Å². The summed E-state index contributed by atoms with van der Waals surface area (Å²) in [7, 11) is 0. The van der Waals surface area contributed by atoms with E-state index >= 15 is 0 Å². The summed E-state index contributed by atoms with van der Waals surface area (Å²) in [6.45, 7) is 4.78. The van der Waals surface area contributed by atoms with Crippen molar-refractivity contribution in [3.05, 3.63) is 0 Å². The SMILES string of the molecule is CCC(CC)C(O)C(=O)C1CCOC2(CCSCC2)C1. The summed E-state index contributed by atoms with van der Waals surface area (Å²) in [6.07, 6.45) is 4.69. The summed E-state index contributed by atoms with van der Waals surface area (Å²) < 4.78 is 6.03. The van der Waals surface area contributed by atoms with E-state index in [0.717, 1.165) is 50.0 Å². The van der Waals surface area contributed by atoms with E-state index in [4.69, 9.17) is 4.74 Å². The molecule has 2 heterocycles. The van der Waals surface area contributed by atoms with E-state index in [9.17, 15) is 9.90 Å². The first-order valence-electron chi connectivity index (χ1n) is 8.05. The minimum Gasteiger partial charge on any atom is -0.385 e. The van der Waals surface area contributed by atoms with Crippen molar-refractivity contribution in [3.8, 4) is 0 Å². The normalized spacial score (nSPS) is 27.7. The summed E-state index contributed by atoms with van der Waals surface area (Å²) in [5, 5.41) is 10.3. The zero-order valence-electron chi connectivity index (χ0n) is 12.8. The number of aliphatic hydroxyl groups is 1. The van der Waals surface area contributed by atoms with E-state index < -0.39 is 6.10 Å². The van der Waals surface area contributed by atoms with Crippen molar-refractivity contribution < 1.29 is 14.6 Å². The topological polar surface area (TPSA) is 46.5 Å². The van der Waals surface area contributed by atoms with Gasteiger partial charge >= 0.3 is 0 Å². The molecule has 0 aromatic rings. The van der Waals surface area contributed by atoms with Crippen molar-refractivity contribution in [3.63, 3.8) is 0 Å². The molecule has 3 nitrogen and oxygen atoms in total. The van der Waals surface area contributed by atoms with Gasteiger partial charge in [-0.1, -0.05) is 26.7 Å². The number of thioether (sulfide) groups is 1. The second-order valence-electron chi connectivity index (χ2n) is 6.26. The Bertz CT molecular complexity index is 316. The van der Waals surface area contributed by atoms with E-state index in [0.29, 0.717) is 6.61 Å². The largest absolute Gasteiger partial charge is 0.385 e. The second-order valence-corrected chi connectivity index (χ2v) is 7.48. The highest BCUT2D eigenvalue weighted by Gasteiger charge is 2.42. The van der Waals surface area contributed by atoms with Gasteiger partial charge in [0.15, 0.2) is 5.78 Å². The molecular formula is C16H28O3S. The molecular weight excluding hydrogens is 272 g/mol. The molecule has 20 heavy (non-hydrogen) atoms. The highest BCUT2D eigenvalue weighted by Crippen LogP contribution is 2.40. The first-order valence-corrected chi connectivity index (χ1v) is 9.21. The monoisotopic (exact) mass is 300 g/mol. The molecule has 0 aromatic heterocycles.